The molecular weight excluding hydrogens is 562 g/mol. The van der Waals surface area contributed by atoms with Crippen LogP contribution in [0.3, 0.4) is 0 Å². The first-order valence-corrected chi connectivity index (χ1v) is 13.7. The number of nitrogens with one attached hydrogen (secondary N) is 2. The van der Waals surface area contributed by atoms with Crippen molar-refractivity contribution in [3.05, 3.63) is 86.4 Å². The molecule has 0 aliphatic carbocycles. The highest BCUT2D eigenvalue weighted by atomic mass is 32.1. The molecule has 3 aromatic heterocycles. The van der Waals surface area contributed by atoms with Gasteiger partial charge in [0.2, 0.25) is 11.7 Å². The average Bonchev–Trinajstić information content (AvgIpc) is 3.41. The van der Waals surface area contributed by atoms with Crippen LogP contribution in [0.1, 0.15) is 50.5 Å². The van der Waals surface area contributed by atoms with Crippen molar-refractivity contribution in [3.63, 3.8) is 0 Å². The minimum atomic E-state index is -0.998. The summed E-state index contributed by atoms with van der Waals surface area (Å²) in [6.07, 6.45) is 4.18. The molecule has 13 nitrogen and oxygen atoms in total. The standard InChI is InChI=1S/C28H29N7O6S/c1-30-16-33-21(29)3-2-10-41-22-11-18(8-9-31-22)12-32-26(37)24-34-25(36)23-20(15-42-27(23)35-24)14-40-13-17-4-6-19(7-5-17)28(38)39/h4-9,11,15-16H,2-3,10,12-14H2,1H3,(H,32,37)(H,38,39)(H2,29,30,33)(H,34,35,36). The number of fused-ring (bicyclic) bond motifs is 1. The summed E-state index contributed by atoms with van der Waals surface area (Å²) >= 11 is 1.24. The Morgan fingerprint density at radius 3 is 2.76 bits per heavy atom. The van der Waals surface area contributed by atoms with E-state index in [1.807, 2.05) is 0 Å². The zero-order valence-corrected chi connectivity index (χ0v) is 23.5. The van der Waals surface area contributed by atoms with Crippen LogP contribution in [0.4, 0.5) is 0 Å². The molecule has 0 spiro atoms. The number of nitrogens with two attached hydrogens (primary N) is 1. The molecule has 3 heterocycles. The number of rotatable bonds is 14. The van der Waals surface area contributed by atoms with Gasteiger partial charge in [-0.3, -0.25) is 14.6 Å². The number of aromatic nitrogens is 3. The van der Waals surface area contributed by atoms with E-state index in [0.717, 1.165) is 11.1 Å². The topological polar surface area (TPSA) is 194 Å². The fourth-order valence-corrected chi connectivity index (χ4v) is 4.70. The summed E-state index contributed by atoms with van der Waals surface area (Å²) in [5.41, 5.74) is 7.72. The number of amides is 1. The van der Waals surface area contributed by atoms with Gasteiger partial charge in [0.25, 0.3) is 11.5 Å². The number of thiophene rings is 1. The van der Waals surface area contributed by atoms with Gasteiger partial charge < -0.3 is 30.6 Å². The maximum absolute atomic E-state index is 12.8. The number of pyridine rings is 1. The highest BCUT2D eigenvalue weighted by Crippen LogP contribution is 2.22. The zero-order valence-electron chi connectivity index (χ0n) is 22.7. The monoisotopic (exact) mass is 591 g/mol. The predicted octanol–water partition coefficient (Wildman–Crippen LogP) is 2.90. The number of carbonyl (C=O) groups is 2. The first-order chi connectivity index (χ1) is 20.3. The number of hydrogen-bond acceptors (Lipinski definition) is 9. The summed E-state index contributed by atoms with van der Waals surface area (Å²) in [6, 6.07) is 9.82. The Labute approximate surface area is 244 Å². The molecule has 5 N–H and O–H groups in total. The van der Waals surface area contributed by atoms with E-state index >= 15 is 0 Å². The molecule has 0 atom stereocenters. The second kappa shape index (κ2) is 14.6. The number of amidine groups is 1. The van der Waals surface area contributed by atoms with Crippen LogP contribution < -0.4 is 21.3 Å². The van der Waals surface area contributed by atoms with Gasteiger partial charge in [-0.2, -0.15) is 0 Å². The molecule has 0 bridgehead atoms. The van der Waals surface area contributed by atoms with Gasteiger partial charge in [-0.15, -0.1) is 11.3 Å². The summed E-state index contributed by atoms with van der Waals surface area (Å²) < 4.78 is 11.4. The highest BCUT2D eigenvalue weighted by Gasteiger charge is 2.16. The van der Waals surface area contributed by atoms with Crippen LogP contribution >= 0.6 is 11.3 Å². The molecule has 0 aliphatic rings. The number of benzene rings is 1. The lowest BCUT2D eigenvalue weighted by molar-refractivity contribution is 0.0696. The fraction of sp³-hybridized carbons (Fsp3) is 0.250. The quantitative estimate of drug-likeness (QED) is 0.0968. The summed E-state index contributed by atoms with van der Waals surface area (Å²) in [5, 5.41) is 13.9. The molecule has 0 radical (unpaired) electrons. The Bertz CT molecular complexity index is 1660. The molecule has 1 aromatic carbocycles. The van der Waals surface area contributed by atoms with Gasteiger partial charge in [-0.25, -0.2) is 19.8 Å². The zero-order chi connectivity index (χ0) is 29.9. The molecule has 218 valence electrons. The van der Waals surface area contributed by atoms with Crippen LogP contribution in [0, 0.1) is 0 Å². The first-order valence-electron chi connectivity index (χ1n) is 12.8. The van der Waals surface area contributed by atoms with Gasteiger partial charge in [-0.05, 0) is 41.1 Å². The molecule has 42 heavy (non-hydrogen) atoms. The number of H-pyrrole nitrogens is 1. The Kier molecular flexibility index (Phi) is 10.4. The van der Waals surface area contributed by atoms with Gasteiger partial charge in [0, 0.05) is 37.8 Å². The summed E-state index contributed by atoms with van der Waals surface area (Å²) in [6.45, 7) is 0.953. The first kappa shape index (κ1) is 30.0. The Morgan fingerprint density at radius 2 is 2.00 bits per heavy atom. The third-order valence-electron chi connectivity index (χ3n) is 5.88. The number of aromatic amines is 1. The molecule has 14 heteroatoms. The van der Waals surface area contributed by atoms with Crippen LogP contribution in [0.2, 0.25) is 0 Å². The van der Waals surface area contributed by atoms with E-state index in [4.69, 9.17) is 20.3 Å². The van der Waals surface area contributed by atoms with Gasteiger partial charge in [0.15, 0.2) is 0 Å². The molecule has 4 rings (SSSR count). The molecule has 0 fully saturated rings. The van der Waals surface area contributed by atoms with Crippen molar-refractivity contribution in [2.45, 2.75) is 32.6 Å². The van der Waals surface area contributed by atoms with Crippen LogP contribution in [0.25, 0.3) is 10.2 Å². The lowest BCUT2D eigenvalue weighted by Gasteiger charge is -2.08. The molecule has 0 saturated carbocycles. The number of carbonyl (C=O) groups excluding carboxylic acids is 1. The minimum Gasteiger partial charge on any atom is -0.478 e. The maximum Gasteiger partial charge on any atom is 0.335 e. The maximum atomic E-state index is 12.8. The summed E-state index contributed by atoms with van der Waals surface area (Å²) in [4.78, 5) is 55.8. The smallest absolute Gasteiger partial charge is 0.335 e. The lowest BCUT2D eigenvalue weighted by Crippen LogP contribution is -2.27. The minimum absolute atomic E-state index is 0.0989. The molecule has 1 amide bonds. The third-order valence-corrected chi connectivity index (χ3v) is 6.80. The summed E-state index contributed by atoms with van der Waals surface area (Å²) in [7, 11) is 1.61. The normalized spacial score (nSPS) is 11.7. The van der Waals surface area contributed by atoms with Crippen LogP contribution in [-0.4, -0.2) is 57.8 Å². The van der Waals surface area contributed by atoms with E-state index in [1.54, 1.807) is 42.9 Å². The SMILES string of the molecule is CN=CN=C(N)CCCOc1cc(CNC(=O)c2nc3scc(COCc4ccc(C(=O)O)cc4)c3c(=O)[nH]2)ccn1. The van der Waals surface area contributed by atoms with Gasteiger partial charge >= 0.3 is 5.97 Å². The van der Waals surface area contributed by atoms with Gasteiger partial charge in [0.1, 0.15) is 17.0 Å². The van der Waals surface area contributed by atoms with Crippen LogP contribution in [-0.2, 0) is 24.5 Å². The van der Waals surface area contributed by atoms with Crippen molar-refractivity contribution in [3.8, 4) is 5.88 Å². The Balaban J connectivity index is 1.30. The molecule has 4 aromatic rings. The van der Waals surface area contributed by atoms with Crippen molar-refractivity contribution in [2.24, 2.45) is 15.7 Å². The van der Waals surface area contributed by atoms with Gasteiger partial charge in [0.05, 0.1) is 30.8 Å². The number of ether oxygens (including phenoxy) is 2. The number of carboxylic acid groups (broad SMARTS) is 1. The number of aliphatic imine (C=N–C) groups is 2. The average molecular weight is 592 g/mol. The van der Waals surface area contributed by atoms with Crippen LogP contribution in [0.5, 0.6) is 5.88 Å². The van der Waals surface area contributed by atoms with Crippen molar-refractivity contribution in [1.29, 1.82) is 0 Å². The number of aromatic carboxylic acids is 1. The fourth-order valence-electron chi connectivity index (χ4n) is 3.77. The molecule has 0 saturated heterocycles. The van der Waals surface area contributed by atoms with E-state index in [9.17, 15) is 14.4 Å². The van der Waals surface area contributed by atoms with Crippen LogP contribution in [0.15, 0.2) is 62.8 Å². The second-order valence-electron chi connectivity index (χ2n) is 8.98. The molecular formula is C28H29N7O6S. The van der Waals surface area contributed by atoms with Crippen molar-refractivity contribution in [1.82, 2.24) is 20.3 Å². The second-order valence-corrected chi connectivity index (χ2v) is 9.84. The lowest BCUT2D eigenvalue weighted by atomic mass is 10.1. The van der Waals surface area contributed by atoms with Crippen molar-refractivity contribution < 1.29 is 24.2 Å². The van der Waals surface area contributed by atoms with E-state index < -0.39 is 17.4 Å². The number of nitrogens with zero attached hydrogens (tertiary/aromatic N) is 4. The summed E-state index contributed by atoms with van der Waals surface area (Å²) in [5.74, 6) is -0.756. The predicted molar refractivity (Wildman–Crippen MR) is 158 cm³/mol. The van der Waals surface area contributed by atoms with E-state index in [2.05, 4.69) is 30.3 Å². The van der Waals surface area contributed by atoms with Gasteiger partial charge in [-0.1, -0.05) is 12.1 Å². The Morgan fingerprint density at radius 1 is 1.19 bits per heavy atom. The molecule has 0 aliphatic heterocycles. The van der Waals surface area contributed by atoms with E-state index in [1.165, 1.54) is 29.8 Å². The van der Waals surface area contributed by atoms with Crippen molar-refractivity contribution in [2.75, 3.05) is 13.7 Å². The number of carboxylic acids is 1. The van der Waals surface area contributed by atoms with E-state index in [-0.39, 0.29) is 31.1 Å². The third kappa shape index (κ3) is 8.28. The largest absolute Gasteiger partial charge is 0.478 e. The Hall–Kier alpha value is -4.95. The van der Waals surface area contributed by atoms with E-state index in [0.29, 0.717) is 46.9 Å². The number of hydrogen-bond donors (Lipinski definition) is 4. The highest BCUT2D eigenvalue weighted by molar-refractivity contribution is 7.16. The molecule has 0 unspecified atom stereocenters. The van der Waals surface area contributed by atoms with Crippen molar-refractivity contribution >= 4 is 45.6 Å².